The third kappa shape index (κ3) is 7.29. The van der Waals surface area contributed by atoms with Crippen LogP contribution in [0.5, 0.6) is 11.5 Å². The zero-order valence-electron chi connectivity index (χ0n) is 24.2. The number of ether oxygens (including phenoxy) is 2. The van der Waals surface area contributed by atoms with Gasteiger partial charge >= 0.3 is 11.9 Å². The third-order valence-corrected chi connectivity index (χ3v) is 6.97. The number of carbonyl (C=O) groups is 2. The maximum atomic E-state index is 12.8. The summed E-state index contributed by atoms with van der Waals surface area (Å²) in [5.41, 5.74) is 6.42. The lowest BCUT2D eigenvalue weighted by Crippen LogP contribution is -2.20. The summed E-state index contributed by atoms with van der Waals surface area (Å²) >= 11 is 0. The van der Waals surface area contributed by atoms with Gasteiger partial charge in [-0.3, -0.25) is 0 Å². The van der Waals surface area contributed by atoms with E-state index in [1.54, 1.807) is 24.3 Å². The molecule has 0 fully saturated rings. The molecule has 0 radical (unpaired) electrons. The molecule has 4 nitrogen and oxygen atoms in total. The second-order valence-electron chi connectivity index (χ2n) is 11.0. The van der Waals surface area contributed by atoms with E-state index >= 15 is 0 Å². The van der Waals surface area contributed by atoms with Gasteiger partial charge in [-0.15, -0.1) is 0 Å². The van der Waals surface area contributed by atoms with Crippen molar-refractivity contribution in [2.45, 2.75) is 46.0 Å². The lowest BCUT2D eigenvalue weighted by atomic mass is 9.76. The lowest BCUT2D eigenvalue weighted by Gasteiger charge is -2.28. The molecule has 0 bridgehead atoms. The Balaban J connectivity index is 1.67. The van der Waals surface area contributed by atoms with Crippen LogP contribution in [0.1, 0.15) is 70.7 Å². The van der Waals surface area contributed by atoms with Crippen LogP contribution in [-0.2, 0) is 18.3 Å². The Bertz CT molecular complexity index is 1460. The monoisotopic (exact) mass is 544 g/mol. The molecule has 0 aliphatic rings. The lowest BCUT2D eigenvalue weighted by molar-refractivity contribution is 0.0723. The molecule has 0 aromatic heterocycles. The summed E-state index contributed by atoms with van der Waals surface area (Å²) in [6, 6.07) is 29.8. The van der Waals surface area contributed by atoms with Gasteiger partial charge in [0, 0.05) is 5.41 Å². The van der Waals surface area contributed by atoms with Gasteiger partial charge in [-0.1, -0.05) is 98.8 Å². The van der Waals surface area contributed by atoms with Gasteiger partial charge in [0.15, 0.2) is 0 Å². The van der Waals surface area contributed by atoms with Crippen molar-refractivity contribution in [3.05, 3.63) is 155 Å². The Hall–Kier alpha value is -4.70. The van der Waals surface area contributed by atoms with Crippen LogP contribution >= 0.6 is 0 Å². The van der Waals surface area contributed by atoms with Crippen LogP contribution in [-0.4, -0.2) is 11.9 Å². The van der Waals surface area contributed by atoms with Crippen molar-refractivity contribution in [3.8, 4) is 11.5 Å². The number of hydrogen-bond donors (Lipinski definition) is 0. The summed E-state index contributed by atoms with van der Waals surface area (Å²) in [5, 5.41) is 0. The maximum Gasteiger partial charge on any atom is 0.343 e. The predicted molar refractivity (Wildman–Crippen MR) is 165 cm³/mol. The molecule has 0 aliphatic carbocycles. The zero-order valence-corrected chi connectivity index (χ0v) is 24.2. The van der Waals surface area contributed by atoms with Crippen LogP contribution in [0.2, 0.25) is 0 Å². The molecule has 0 spiro atoms. The minimum absolute atomic E-state index is 0.398. The van der Waals surface area contributed by atoms with Crippen molar-refractivity contribution < 1.29 is 19.1 Å². The van der Waals surface area contributed by atoms with E-state index in [1.165, 1.54) is 0 Å². The minimum atomic E-state index is -0.405. The number of allylic oxidation sites excluding steroid dienone is 2. The minimum Gasteiger partial charge on any atom is -0.423 e. The highest BCUT2D eigenvalue weighted by atomic mass is 16.5. The first-order valence-electron chi connectivity index (χ1n) is 13.6. The van der Waals surface area contributed by atoms with Crippen LogP contribution < -0.4 is 9.47 Å². The van der Waals surface area contributed by atoms with Crippen LogP contribution in [0.4, 0.5) is 0 Å². The van der Waals surface area contributed by atoms with E-state index in [2.05, 4.69) is 39.1 Å². The van der Waals surface area contributed by atoms with Crippen molar-refractivity contribution in [1.82, 2.24) is 0 Å². The summed E-state index contributed by atoms with van der Waals surface area (Å²) < 4.78 is 11.6. The average molecular weight is 545 g/mol. The quantitative estimate of drug-likeness (QED) is 0.114. The van der Waals surface area contributed by atoms with Gasteiger partial charge in [0.1, 0.15) is 11.5 Å². The normalized spacial score (nSPS) is 11.0. The van der Waals surface area contributed by atoms with Gasteiger partial charge in [0.05, 0.1) is 11.1 Å². The molecule has 0 heterocycles. The number of carbonyl (C=O) groups excluding carboxylic acids is 2. The summed E-state index contributed by atoms with van der Waals surface area (Å²) in [6.45, 7) is 16.4. The highest BCUT2D eigenvalue weighted by Crippen LogP contribution is 2.37. The number of benzene rings is 4. The third-order valence-electron chi connectivity index (χ3n) is 6.97. The summed E-state index contributed by atoms with van der Waals surface area (Å²) in [4.78, 5) is 25.6. The standard InChI is InChI=1S/C37H36O4/c1-25(2)21-29-23-31(17-19-33(29)40-35(38)27-13-9-7-10-14-27)37(5,6)32-18-20-34(30(24-32)22-26(3)4)41-36(39)28-15-11-8-12-16-28/h7-20,23-24H,1,3,21-22H2,2,4-6H3. The van der Waals surface area contributed by atoms with Gasteiger partial charge in [-0.25, -0.2) is 9.59 Å². The highest BCUT2D eigenvalue weighted by Gasteiger charge is 2.26. The largest absolute Gasteiger partial charge is 0.423 e. The molecular weight excluding hydrogens is 508 g/mol. The van der Waals surface area contributed by atoms with Gasteiger partial charge in [-0.2, -0.15) is 0 Å². The van der Waals surface area contributed by atoms with E-state index in [-0.39, 0.29) is 0 Å². The molecule has 0 atom stereocenters. The van der Waals surface area contributed by atoms with E-state index in [0.717, 1.165) is 33.4 Å². The topological polar surface area (TPSA) is 52.6 Å². The van der Waals surface area contributed by atoms with E-state index in [0.29, 0.717) is 35.5 Å². The molecule has 4 heteroatoms. The fourth-order valence-electron chi connectivity index (χ4n) is 4.69. The molecule has 0 saturated carbocycles. The van der Waals surface area contributed by atoms with E-state index in [1.807, 2.05) is 74.5 Å². The first kappa shape index (κ1) is 29.3. The van der Waals surface area contributed by atoms with Crippen LogP contribution in [0.15, 0.2) is 121 Å². The Morgan fingerprint density at radius 2 is 0.976 bits per heavy atom. The molecule has 0 saturated heterocycles. The number of rotatable bonds is 10. The molecule has 4 rings (SSSR count). The summed E-state index contributed by atoms with van der Waals surface area (Å²) in [5.74, 6) is 0.247. The summed E-state index contributed by atoms with van der Waals surface area (Å²) in [7, 11) is 0. The Kier molecular flexibility index (Phi) is 9.04. The number of hydrogen-bond acceptors (Lipinski definition) is 4. The van der Waals surface area contributed by atoms with E-state index in [9.17, 15) is 9.59 Å². The second-order valence-corrected chi connectivity index (χ2v) is 11.0. The van der Waals surface area contributed by atoms with Gasteiger partial charge in [-0.05, 0) is 85.3 Å². The van der Waals surface area contributed by atoms with Crippen molar-refractivity contribution in [2.75, 3.05) is 0 Å². The van der Waals surface area contributed by atoms with Gasteiger partial charge in [0.25, 0.3) is 0 Å². The first-order valence-corrected chi connectivity index (χ1v) is 13.6. The van der Waals surface area contributed by atoms with E-state index < -0.39 is 17.4 Å². The number of esters is 2. The molecule has 0 N–H and O–H groups in total. The maximum absolute atomic E-state index is 12.8. The molecule has 208 valence electrons. The first-order chi connectivity index (χ1) is 19.5. The van der Waals surface area contributed by atoms with E-state index in [4.69, 9.17) is 9.47 Å². The summed E-state index contributed by atoms with van der Waals surface area (Å²) in [6.07, 6.45) is 1.16. The Labute approximate surface area is 243 Å². The average Bonchev–Trinajstić information content (AvgIpc) is 2.95. The smallest absolute Gasteiger partial charge is 0.343 e. The second kappa shape index (κ2) is 12.6. The fourth-order valence-corrected chi connectivity index (χ4v) is 4.69. The van der Waals surface area contributed by atoms with Crippen molar-refractivity contribution >= 4 is 11.9 Å². The van der Waals surface area contributed by atoms with Crippen molar-refractivity contribution in [3.63, 3.8) is 0 Å². The molecule has 0 unspecified atom stereocenters. The molecular formula is C37H36O4. The highest BCUT2D eigenvalue weighted by molar-refractivity contribution is 5.91. The molecule has 41 heavy (non-hydrogen) atoms. The Morgan fingerprint density at radius 3 is 1.32 bits per heavy atom. The van der Waals surface area contributed by atoms with Gasteiger partial charge < -0.3 is 9.47 Å². The fraction of sp³-hybridized carbons (Fsp3) is 0.189. The molecule has 4 aromatic rings. The molecule has 0 aliphatic heterocycles. The van der Waals surface area contributed by atoms with Gasteiger partial charge in [0.2, 0.25) is 0 Å². The molecule has 0 amide bonds. The molecule has 4 aromatic carbocycles. The Morgan fingerprint density at radius 1 is 0.610 bits per heavy atom. The van der Waals surface area contributed by atoms with Crippen molar-refractivity contribution in [1.29, 1.82) is 0 Å². The van der Waals surface area contributed by atoms with Crippen LogP contribution in [0.25, 0.3) is 0 Å². The zero-order chi connectivity index (χ0) is 29.6. The SMILES string of the molecule is C=C(C)Cc1cc(C(C)(C)c2ccc(OC(=O)c3ccccc3)c(CC(=C)C)c2)ccc1OC(=O)c1ccccc1. The van der Waals surface area contributed by atoms with Crippen molar-refractivity contribution in [2.24, 2.45) is 0 Å². The predicted octanol–water partition coefficient (Wildman–Crippen LogP) is 8.69. The van der Waals surface area contributed by atoms with Crippen LogP contribution in [0, 0.1) is 0 Å². The van der Waals surface area contributed by atoms with Crippen LogP contribution in [0.3, 0.4) is 0 Å².